The minimum atomic E-state index is -0.872. The first kappa shape index (κ1) is 16.8. The van der Waals surface area contributed by atoms with Gasteiger partial charge in [-0.05, 0) is 38.1 Å². The van der Waals surface area contributed by atoms with Crippen molar-refractivity contribution in [3.63, 3.8) is 0 Å². The molecule has 3 rings (SSSR count). The highest BCUT2D eigenvalue weighted by Crippen LogP contribution is 2.14. The lowest BCUT2D eigenvalue weighted by Crippen LogP contribution is -2.24. The number of hydrogen-bond donors (Lipinski definition) is 0. The molecule has 0 aliphatic rings. The third kappa shape index (κ3) is 3.74. The van der Waals surface area contributed by atoms with Crippen molar-refractivity contribution in [3.8, 4) is 5.69 Å². The summed E-state index contributed by atoms with van der Waals surface area (Å²) in [6.07, 6.45) is 0. The molecule has 0 saturated carbocycles. The first-order valence-corrected chi connectivity index (χ1v) is 7.65. The summed E-state index contributed by atoms with van der Waals surface area (Å²) in [5.74, 6) is -0.316. The maximum Gasteiger partial charge on any atom is 0.363 e. The molecule has 8 nitrogen and oxygen atoms in total. The molecule has 0 atom stereocenters. The third-order valence-electron chi connectivity index (χ3n) is 3.27. The second-order valence-corrected chi connectivity index (χ2v) is 5.63. The molecule has 0 aliphatic heterocycles. The highest BCUT2D eigenvalue weighted by atomic mass is 35.5. The molecule has 0 saturated heterocycles. The van der Waals surface area contributed by atoms with Crippen LogP contribution in [0.5, 0.6) is 0 Å². The maximum atomic E-state index is 12.2. The molecule has 0 fully saturated rings. The molecule has 0 bridgehead atoms. The van der Waals surface area contributed by atoms with Crippen LogP contribution < -0.4 is 5.43 Å². The van der Waals surface area contributed by atoms with Gasteiger partial charge in [0.05, 0.1) is 5.69 Å². The second kappa shape index (κ2) is 6.86. The molecular formula is C16H13ClN4O4. The maximum absolute atomic E-state index is 12.2. The number of halogens is 1. The molecule has 9 heteroatoms. The summed E-state index contributed by atoms with van der Waals surface area (Å²) >= 11 is 5.87. The fourth-order valence-corrected chi connectivity index (χ4v) is 2.25. The first-order chi connectivity index (χ1) is 11.9. The van der Waals surface area contributed by atoms with Crippen molar-refractivity contribution in [3.05, 3.63) is 68.7 Å². The molecule has 1 aromatic carbocycles. The van der Waals surface area contributed by atoms with Crippen LogP contribution in [0.4, 0.5) is 0 Å². The Balaban J connectivity index is 1.87. The highest BCUT2D eigenvalue weighted by Gasteiger charge is 2.18. The monoisotopic (exact) mass is 360 g/mol. The van der Waals surface area contributed by atoms with Gasteiger partial charge in [0.15, 0.2) is 12.4 Å². The van der Waals surface area contributed by atoms with Crippen LogP contribution in [0, 0.1) is 13.8 Å². The molecule has 0 amide bonds. The normalized spacial score (nSPS) is 10.7. The summed E-state index contributed by atoms with van der Waals surface area (Å²) in [5, 5.41) is 8.26. The van der Waals surface area contributed by atoms with E-state index in [0.717, 1.165) is 0 Å². The van der Waals surface area contributed by atoms with Crippen LogP contribution in [0.2, 0.25) is 5.02 Å². The van der Waals surface area contributed by atoms with Gasteiger partial charge >= 0.3 is 5.97 Å². The number of carbonyl (C=O) groups excluding carboxylic acids is 1. The van der Waals surface area contributed by atoms with E-state index in [1.807, 2.05) is 0 Å². The number of aryl methyl sites for hydroxylation is 2. The van der Waals surface area contributed by atoms with Crippen molar-refractivity contribution in [2.24, 2.45) is 0 Å². The standard InChI is InChI=1S/C16H13ClN4O4/c1-9-7-13(22)15(16(23)24-8-14-18-10(2)20-25-14)19-21(9)12-5-3-11(17)4-6-12/h3-7H,8H2,1-2H3. The van der Waals surface area contributed by atoms with Crippen LogP contribution in [-0.4, -0.2) is 25.9 Å². The summed E-state index contributed by atoms with van der Waals surface area (Å²) in [5.41, 5.74) is 0.353. The third-order valence-corrected chi connectivity index (χ3v) is 3.52. The van der Waals surface area contributed by atoms with Crippen LogP contribution >= 0.6 is 11.6 Å². The molecule has 2 heterocycles. The largest absolute Gasteiger partial charge is 0.451 e. The average Bonchev–Trinajstić information content (AvgIpc) is 2.99. The number of carbonyl (C=O) groups is 1. The van der Waals surface area contributed by atoms with Gasteiger partial charge < -0.3 is 9.26 Å². The smallest absolute Gasteiger partial charge is 0.363 e. The van der Waals surface area contributed by atoms with Crippen molar-refractivity contribution in [1.29, 1.82) is 0 Å². The van der Waals surface area contributed by atoms with E-state index in [1.165, 1.54) is 10.7 Å². The zero-order valence-electron chi connectivity index (χ0n) is 13.4. The van der Waals surface area contributed by atoms with Crippen molar-refractivity contribution in [2.75, 3.05) is 0 Å². The van der Waals surface area contributed by atoms with E-state index < -0.39 is 11.4 Å². The fraction of sp³-hybridized carbons (Fsp3) is 0.188. The zero-order valence-corrected chi connectivity index (χ0v) is 14.1. The molecule has 0 N–H and O–H groups in total. The van der Waals surface area contributed by atoms with E-state index in [0.29, 0.717) is 22.2 Å². The lowest BCUT2D eigenvalue weighted by atomic mass is 10.3. The first-order valence-electron chi connectivity index (χ1n) is 7.27. The van der Waals surface area contributed by atoms with Gasteiger partial charge in [0.1, 0.15) is 0 Å². The van der Waals surface area contributed by atoms with Gasteiger partial charge in [-0.1, -0.05) is 16.8 Å². The van der Waals surface area contributed by atoms with Crippen LogP contribution in [-0.2, 0) is 11.3 Å². The SMILES string of the molecule is Cc1noc(COC(=O)c2nn(-c3ccc(Cl)cc3)c(C)cc2=O)n1. The van der Waals surface area contributed by atoms with Gasteiger partial charge in [-0.2, -0.15) is 10.1 Å². The van der Waals surface area contributed by atoms with Gasteiger partial charge in [-0.25, -0.2) is 9.48 Å². The van der Waals surface area contributed by atoms with Crippen molar-refractivity contribution in [2.45, 2.75) is 20.5 Å². The molecule has 3 aromatic rings. The van der Waals surface area contributed by atoms with Crippen molar-refractivity contribution < 1.29 is 14.1 Å². The molecule has 0 radical (unpaired) electrons. The summed E-state index contributed by atoms with van der Waals surface area (Å²) in [6, 6.07) is 8.14. The lowest BCUT2D eigenvalue weighted by molar-refractivity contribution is 0.0419. The Hall–Kier alpha value is -3.00. The van der Waals surface area contributed by atoms with E-state index in [4.69, 9.17) is 20.9 Å². The molecular weight excluding hydrogens is 348 g/mol. The van der Waals surface area contributed by atoms with Gasteiger partial charge in [-0.3, -0.25) is 4.79 Å². The lowest BCUT2D eigenvalue weighted by Gasteiger charge is -2.10. The zero-order chi connectivity index (χ0) is 18.0. The van der Waals surface area contributed by atoms with Crippen molar-refractivity contribution in [1.82, 2.24) is 19.9 Å². The number of esters is 1. The van der Waals surface area contributed by atoms with E-state index in [2.05, 4.69) is 15.2 Å². The van der Waals surface area contributed by atoms with Crippen LogP contribution in [0.1, 0.15) is 27.9 Å². The quantitative estimate of drug-likeness (QED) is 0.657. The molecule has 0 spiro atoms. The number of rotatable bonds is 4. The van der Waals surface area contributed by atoms with Gasteiger partial charge in [0, 0.05) is 16.8 Å². The molecule has 2 aromatic heterocycles. The Morgan fingerprint density at radius 2 is 2.00 bits per heavy atom. The van der Waals surface area contributed by atoms with E-state index in [9.17, 15) is 9.59 Å². The van der Waals surface area contributed by atoms with Gasteiger partial charge in [0.2, 0.25) is 11.1 Å². The predicted molar refractivity (Wildman–Crippen MR) is 87.7 cm³/mol. The topological polar surface area (TPSA) is 100 Å². The minimum absolute atomic E-state index is 0.135. The number of ether oxygens (including phenoxy) is 1. The van der Waals surface area contributed by atoms with Crippen LogP contribution in [0.3, 0.4) is 0 Å². The Morgan fingerprint density at radius 1 is 1.28 bits per heavy atom. The molecule has 25 heavy (non-hydrogen) atoms. The van der Waals surface area contributed by atoms with Gasteiger partial charge in [0.25, 0.3) is 5.89 Å². The average molecular weight is 361 g/mol. The van der Waals surface area contributed by atoms with E-state index >= 15 is 0 Å². The van der Waals surface area contributed by atoms with E-state index in [-0.39, 0.29) is 18.2 Å². The Kier molecular flexibility index (Phi) is 4.62. The Morgan fingerprint density at radius 3 is 2.64 bits per heavy atom. The minimum Gasteiger partial charge on any atom is -0.451 e. The molecule has 0 aliphatic carbocycles. The number of benzene rings is 1. The van der Waals surface area contributed by atoms with Crippen LogP contribution in [0.15, 0.2) is 39.6 Å². The Bertz CT molecular complexity index is 979. The number of nitrogens with zero attached hydrogens (tertiary/aromatic N) is 4. The summed E-state index contributed by atoms with van der Waals surface area (Å²) in [7, 11) is 0. The van der Waals surface area contributed by atoms with Gasteiger partial charge in [-0.15, -0.1) is 0 Å². The highest BCUT2D eigenvalue weighted by molar-refractivity contribution is 6.30. The summed E-state index contributed by atoms with van der Waals surface area (Å²) in [4.78, 5) is 28.2. The predicted octanol–water partition coefficient (Wildman–Crippen LogP) is 2.24. The Labute approximate surface area is 147 Å². The fourth-order valence-electron chi connectivity index (χ4n) is 2.13. The van der Waals surface area contributed by atoms with Crippen molar-refractivity contribution >= 4 is 17.6 Å². The number of hydrogen-bond acceptors (Lipinski definition) is 7. The van der Waals surface area contributed by atoms with E-state index in [1.54, 1.807) is 38.1 Å². The van der Waals surface area contributed by atoms with Crippen LogP contribution in [0.25, 0.3) is 5.69 Å². The molecule has 0 unspecified atom stereocenters. The molecule has 128 valence electrons. The second-order valence-electron chi connectivity index (χ2n) is 5.20. The summed E-state index contributed by atoms with van der Waals surface area (Å²) < 4.78 is 11.3. The number of aromatic nitrogens is 4. The summed E-state index contributed by atoms with van der Waals surface area (Å²) in [6.45, 7) is 3.11.